The molecule has 0 spiro atoms. The normalized spacial score (nSPS) is 25.7. The zero-order valence-corrected chi connectivity index (χ0v) is 16.4. The summed E-state index contributed by atoms with van der Waals surface area (Å²) in [6.07, 6.45) is -0.650. The highest BCUT2D eigenvalue weighted by Crippen LogP contribution is 2.35. The molecule has 0 amide bonds. The Bertz CT molecular complexity index is 760. The Morgan fingerprint density at radius 1 is 1.11 bits per heavy atom. The fourth-order valence-corrected chi connectivity index (χ4v) is 3.52. The smallest absolute Gasteiger partial charge is 0.345 e. The maximum Gasteiger partial charge on any atom is 0.345 e. The van der Waals surface area contributed by atoms with Crippen molar-refractivity contribution < 1.29 is 38.1 Å². The van der Waals surface area contributed by atoms with Crippen molar-refractivity contribution in [2.24, 2.45) is 0 Å². The van der Waals surface area contributed by atoms with E-state index < -0.39 is 42.2 Å². The van der Waals surface area contributed by atoms with Gasteiger partial charge in [-0.2, -0.15) is 0 Å². The summed E-state index contributed by atoms with van der Waals surface area (Å²) in [6, 6.07) is 5.30. The average Bonchev–Trinajstić information content (AvgIpc) is 2.51. The van der Waals surface area contributed by atoms with Gasteiger partial charge in [-0.05, 0) is 18.1 Å². The van der Waals surface area contributed by atoms with Gasteiger partial charge in [0.25, 0.3) is 0 Å². The lowest BCUT2D eigenvalue weighted by Gasteiger charge is -2.35. The molecule has 2 aliphatic rings. The molecule has 3 rings (SSSR count). The first kappa shape index (κ1) is 20.1. The maximum absolute atomic E-state index is 12.5. The monoisotopic (exact) mass is 392 g/mol. The van der Waals surface area contributed by atoms with Gasteiger partial charge >= 0.3 is 17.9 Å². The number of carbonyl (C=O) groups is 3. The van der Waals surface area contributed by atoms with Crippen LogP contribution in [-0.2, 0) is 35.0 Å². The van der Waals surface area contributed by atoms with E-state index in [0.29, 0.717) is 29.7 Å². The lowest BCUT2D eigenvalue weighted by Crippen LogP contribution is -2.41. The first-order valence-corrected chi connectivity index (χ1v) is 9.17. The Balaban J connectivity index is 1.81. The maximum atomic E-state index is 12.5. The summed E-state index contributed by atoms with van der Waals surface area (Å²) in [5.74, 6) is -1.95. The van der Waals surface area contributed by atoms with Crippen molar-refractivity contribution >= 4 is 17.9 Å². The van der Waals surface area contributed by atoms with Crippen molar-refractivity contribution in [2.75, 3.05) is 0 Å². The summed E-state index contributed by atoms with van der Waals surface area (Å²) in [6.45, 7) is 5.95. The summed E-state index contributed by atoms with van der Waals surface area (Å²) < 4.78 is 27.4. The van der Waals surface area contributed by atoms with E-state index in [2.05, 4.69) is 0 Å². The molecule has 1 aromatic rings. The number of cyclic esters (lactones) is 1. The van der Waals surface area contributed by atoms with Crippen LogP contribution in [0.25, 0.3) is 0 Å². The van der Waals surface area contributed by atoms with Crippen LogP contribution < -0.4 is 4.74 Å². The predicted octanol–water partition coefficient (Wildman–Crippen LogP) is 2.51. The van der Waals surface area contributed by atoms with Crippen LogP contribution in [0.4, 0.5) is 0 Å². The van der Waals surface area contributed by atoms with Crippen molar-refractivity contribution in [3.8, 4) is 5.75 Å². The fraction of sp³-hybridized carbons (Fsp3) is 0.550. The topological polar surface area (TPSA) is 97.4 Å². The zero-order valence-electron chi connectivity index (χ0n) is 16.4. The molecule has 0 bridgehead atoms. The number of esters is 3. The van der Waals surface area contributed by atoms with Gasteiger partial charge in [0.05, 0.1) is 6.10 Å². The number of benzene rings is 1. The molecule has 0 aliphatic carbocycles. The second kappa shape index (κ2) is 7.79. The zero-order chi connectivity index (χ0) is 20.5. The minimum Gasteiger partial charge on any atom is -0.462 e. The predicted molar refractivity (Wildman–Crippen MR) is 95.5 cm³/mol. The molecule has 1 saturated heterocycles. The highest BCUT2D eigenvalue weighted by Gasteiger charge is 2.38. The molecular formula is C20H24O8. The Labute approximate surface area is 163 Å². The van der Waals surface area contributed by atoms with Gasteiger partial charge in [-0.3, -0.25) is 9.59 Å². The third-order valence-corrected chi connectivity index (χ3v) is 4.41. The third-order valence-electron chi connectivity index (χ3n) is 4.41. The molecule has 28 heavy (non-hydrogen) atoms. The summed E-state index contributed by atoms with van der Waals surface area (Å²) in [4.78, 5) is 35.2. The van der Waals surface area contributed by atoms with Gasteiger partial charge in [0.15, 0.2) is 0 Å². The molecule has 3 atom stereocenters. The number of fused-ring (bicyclic) bond motifs is 1. The van der Waals surface area contributed by atoms with Crippen LogP contribution in [0.2, 0.25) is 0 Å². The molecule has 0 aromatic heterocycles. The molecule has 2 heterocycles. The number of hydrogen-bond donors (Lipinski definition) is 0. The van der Waals surface area contributed by atoms with Gasteiger partial charge in [-0.1, -0.05) is 12.1 Å². The van der Waals surface area contributed by atoms with Crippen LogP contribution >= 0.6 is 0 Å². The van der Waals surface area contributed by atoms with Crippen LogP contribution in [0.1, 0.15) is 56.5 Å². The fourth-order valence-electron chi connectivity index (χ4n) is 3.52. The minimum atomic E-state index is -1.04. The van der Waals surface area contributed by atoms with Crippen LogP contribution in [0.5, 0.6) is 5.75 Å². The Morgan fingerprint density at radius 3 is 2.50 bits per heavy atom. The first-order valence-electron chi connectivity index (χ1n) is 9.17. The van der Waals surface area contributed by atoms with E-state index in [-0.39, 0.29) is 6.42 Å². The van der Waals surface area contributed by atoms with Gasteiger partial charge in [-0.25, -0.2) is 4.79 Å². The van der Waals surface area contributed by atoms with E-state index in [0.717, 1.165) is 0 Å². The van der Waals surface area contributed by atoms with Crippen molar-refractivity contribution in [3.05, 3.63) is 29.3 Å². The van der Waals surface area contributed by atoms with E-state index in [1.807, 2.05) is 0 Å². The number of carbonyl (C=O) groups excluding carboxylic acids is 3. The van der Waals surface area contributed by atoms with Gasteiger partial charge in [-0.15, -0.1) is 0 Å². The standard InChI is InChI=1S/C20H24O8/c1-11(21)24-15-9-14(26-17(10-15)25-12(2)22)8-13-6-5-7-16-18(13)19(23)28-20(3,4)27-16/h5-7,14-15,17H,8-10H2,1-4H3/t14-,15+,17?/m0/s1. The molecule has 0 saturated carbocycles. The van der Waals surface area contributed by atoms with Crippen molar-refractivity contribution in [2.45, 2.75) is 71.2 Å². The second-order valence-corrected chi connectivity index (χ2v) is 7.39. The number of ether oxygens (including phenoxy) is 5. The molecule has 1 unspecified atom stereocenters. The second-order valence-electron chi connectivity index (χ2n) is 7.39. The van der Waals surface area contributed by atoms with E-state index >= 15 is 0 Å². The van der Waals surface area contributed by atoms with E-state index in [9.17, 15) is 14.4 Å². The highest BCUT2D eigenvalue weighted by molar-refractivity contribution is 5.95. The SMILES string of the molecule is CC(=O)OC1C[C@H](OC(C)=O)C[C@H](Cc2cccc3c2C(=O)OC(C)(C)O3)O1. The molecule has 1 aromatic carbocycles. The summed E-state index contributed by atoms with van der Waals surface area (Å²) in [5, 5.41) is 0. The van der Waals surface area contributed by atoms with E-state index in [1.165, 1.54) is 13.8 Å². The summed E-state index contributed by atoms with van der Waals surface area (Å²) >= 11 is 0. The van der Waals surface area contributed by atoms with Gasteiger partial charge < -0.3 is 23.7 Å². The average molecular weight is 392 g/mol. The van der Waals surface area contributed by atoms with E-state index in [4.69, 9.17) is 23.7 Å². The van der Waals surface area contributed by atoms with Crippen LogP contribution in [0.3, 0.4) is 0 Å². The van der Waals surface area contributed by atoms with Crippen molar-refractivity contribution in [3.63, 3.8) is 0 Å². The van der Waals surface area contributed by atoms with Gasteiger partial charge in [0.1, 0.15) is 17.4 Å². The summed E-state index contributed by atoms with van der Waals surface area (Å²) in [7, 11) is 0. The Morgan fingerprint density at radius 2 is 1.82 bits per heavy atom. The first-order chi connectivity index (χ1) is 13.1. The lowest BCUT2D eigenvalue weighted by atomic mass is 9.94. The molecule has 0 radical (unpaired) electrons. The van der Waals surface area contributed by atoms with Gasteiger partial charge in [0.2, 0.25) is 12.1 Å². The van der Waals surface area contributed by atoms with Crippen molar-refractivity contribution in [1.82, 2.24) is 0 Å². The third kappa shape index (κ3) is 4.81. The number of hydrogen-bond acceptors (Lipinski definition) is 8. The quantitative estimate of drug-likeness (QED) is 0.570. The van der Waals surface area contributed by atoms with Crippen LogP contribution in [0.15, 0.2) is 18.2 Å². The van der Waals surface area contributed by atoms with Crippen LogP contribution in [-0.4, -0.2) is 42.2 Å². The molecule has 8 nitrogen and oxygen atoms in total. The number of rotatable bonds is 4. The molecule has 2 aliphatic heterocycles. The molecule has 0 N–H and O–H groups in total. The molecule has 1 fully saturated rings. The molecule has 8 heteroatoms. The Hall–Kier alpha value is -2.61. The van der Waals surface area contributed by atoms with Crippen LogP contribution in [0, 0.1) is 0 Å². The van der Waals surface area contributed by atoms with Gasteiger partial charge in [0, 0.05) is 40.5 Å². The van der Waals surface area contributed by atoms with Crippen molar-refractivity contribution in [1.29, 1.82) is 0 Å². The Kier molecular flexibility index (Phi) is 5.60. The largest absolute Gasteiger partial charge is 0.462 e. The molecular weight excluding hydrogens is 368 g/mol. The lowest BCUT2D eigenvalue weighted by molar-refractivity contribution is -0.218. The highest BCUT2D eigenvalue weighted by atomic mass is 16.7. The molecule has 152 valence electrons. The van der Waals surface area contributed by atoms with E-state index in [1.54, 1.807) is 32.0 Å². The minimum absolute atomic E-state index is 0.266. The summed E-state index contributed by atoms with van der Waals surface area (Å²) in [5.41, 5.74) is 1.04.